The first-order valence-corrected chi connectivity index (χ1v) is 4.29. The fourth-order valence-corrected chi connectivity index (χ4v) is 1.05. The van der Waals surface area contributed by atoms with Crippen molar-refractivity contribution in [3.8, 4) is 0 Å². The number of aromatic nitrogens is 1. The van der Waals surface area contributed by atoms with E-state index < -0.39 is 0 Å². The molecule has 6 heteroatoms. The Kier molecular flexibility index (Phi) is 3.07. The molecule has 1 aromatic heterocycles. The number of carbonyl (C=O) groups is 2. The van der Waals surface area contributed by atoms with Crippen molar-refractivity contribution < 1.29 is 9.59 Å². The summed E-state index contributed by atoms with van der Waals surface area (Å²) in [6, 6.07) is 1.61. The molecule has 5 nitrogen and oxygen atoms in total. The van der Waals surface area contributed by atoms with Gasteiger partial charge in [-0.15, -0.1) is 0 Å². The van der Waals surface area contributed by atoms with Crippen molar-refractivity contribution in [2.24, 2.45) is 0 Å². The lowest BCUT2D eigenvalue weighted by atomic mass is 10.4. The number of rotatable bonds is 1. The van der Waals surface area contributed by atoms with Crippen LogP contribution in [-0.4, -0.2) is 16.8 Å². The number of aromatic amines is 1. The average molecular weight is 246 g/mol. The molecule has 1 heterocycles. The minimum Gasteiger partial charge on any atom is -0.356 e. The first-order valence-electron chi connectivity index (χ1n) is 3.50. The maximum absolute atomic E-state index is 11.2. The van der Waals surface area contributed by atoms with Crippen molar-refractivity contribution >= 4 is 27.7 Å². The van der Waals surface area contributed by atoms with Crippen LogP contribution >= 0.6 is 15.9 Å². The van der Waals surface area contributed by atoms with E-state index in [-0.39, 0.29) is 11.8 Å². The normalized spacial score (nSPS) is 9.38. The van der Waals surface area contributed by atoms with E-state index >= 15 is 0 Å². The van der Waals surface area contributed by atoms with Gasteiger partial charge in [-0.1, -0.05) is 0 Å². The number of H-pyrrole nitrogens is 1. The molecular weight excluding hydrogens is 238 g/mol. The minimum atomic E-state index is -0.388. The molecule has 2 amide bonds. The van der Waals surface area contributed by atoms with Crippen LogP contribution in [0.15, 0.2) is 16.7 Å². The van der Waals surface area contributed by atoms with Gasteiger partial charge >= 0.3 is 0 Å². The van der Waals surface area contributed by atoms with Gasteiger partial charge in [-0.3, -0.25) is 20.4 Å². The zero-order valence-corrected chi connectivity index (χ0v) is 8.44. The quantitative estimate of drug-likeness (QED) is 0.633. The molecule has 1 aromatic rings. The second-order valence-corrected chi connectivity index (χ2v) is 3.28. The van der Waals surface area contributed by atoms with Crippen LogP contribution in [0.3, 0.4) is 0 Å². The van der Waals surface area contributed by atoms with Crippen LogP contribution in [0, 0.1) is 0 Å². The number of carbonyl (C=O) groups excluding carboxylic acids is 2. The number of hydrazine groups is 1. The van der Waals surface area contributed by atoms with Crippen molar-refractivity contribution in [3.63, 3.8) is 0 Å². The third-order valence-corrected chi connectivity index (χ3v) is 1.70. The number of hydrogen-bond acceptors (Lipinski definition) is 2. The predicted octanol–water partition coefficient (Wildman–Crippen LogP) is 0.558. The Labute approximate surface area is 83.0 Å². The van der Waals surface area contributed by atoms with Crippen LogP contribution in [0.5, 0.6) is 0 Å². The van der Waals surface area contributed by atoms with Crippen molar-refractivity contribution in [2.75, 3.05) is 0 Å². The monoisotopic (exact) mass is 245 g/mol. The third kappa shape index (κ3) is 2.90. The summed E-state index contributed by atoms with van der Waals surface area (Å²) in [5.74, 6) is -0.708. The third-order valence-electron chi connectivity index (χ3n) is 1.24. The lowest BCUT2D eigenvalue weighted by Crippen LogP contribution is -2.40. The number of nitrogens with one attached hydrogen (secondary N) is 3. The zero-order valence-electron chi connectivity index (χ0n) is 6.85. The summed E-state index contributed by atoms with van der Waals surface area (Å²) in [5.41, 5.74) is 4.78. The summed E-state index contributed by atoms with van der Waals surface area (Å²) in [6.07, 6.45) is 1.63. The minimum absolute atomic E-state index is 0.320. The predicted molar refractivity (Wildman–Crippen MR) is 49.8 cm³/mol. The topological polar surface area (TPSA) is 74.0 Å². The van der Waals surface area contributed by atoms with Gasteiger partial charge in [0.25, 0.3) is 5.91 Å². The van der Waals surface area contributed by atoms with Crippen LogP contribution in [0.4, 0.5) is 0 Å². The summed E-state index contributed by atoms with van der Waals surface area (Å²) in [6.45, 7) is 1.31. The van der Waals surface area contributed by atoms with Gasteiger partial charge in [-0.25, -0.2) is 0 Å². The van der Waals surface area contributed by atoms with E-state index in [9.17, 15) is 9.59 Å². The summed E-state index contributed by atoms with van der Waals surface area (Å²) in [7, 11) is 0. The molecule has 3 N–H and O–H groups in total. The first kappa shape index (κ1) is 9.79. The van der Waals surface area contributed by atoms with Crippen LogP contribution in [0.1, 0.15) is 17.4 Å². The molecule has 0 radical (unpaired) electrons. The van der Waals surface area contributed by atoms with Crippen LogP contribution in [0.25, 0.3) is 0 Å². The fourth-order valence-electron chi connectivity index (χ4n) is 0.711. The fraction of sp³-hybridized carbons (Fsp3) is 0.143. The number of halogens is 1. The maximum Gasteiger partial charge on any atom is 0.286 e. The van der Waals surface area contributed by atoms with Crippen molar-refractivity contribution in [2.45, 2.75) is 6.92 Å². The second-order valence-electron chi connectivity index (χ2n) is 2.37. The van der Waals surface area contributed by atoms with Crippen molar-refractivity contribution in [1.29, 1.82) is 0 Å². The molecule has 70 valence electrons. The lowest BCUT2D eigenvalue weighted by Gasteiger charge is -2.01. The Hall–Kier alpha value is -1.30. The Bertz CT molecular complexity index is 334. The molecule has 0 spiro atoms. The molecule has 0 aromatic carbocycles. The molecule has 0 aliphatic rings. The van der Waals surface area contributed by atoms with Crippen molar-refractivity contribution in [1.82, 2.24) is 15.8 Å². The Morgan fingerprint density at radius 3 is 2.62 bits per heavy atom. The maximum atomic E-state index is 11.2. The van der Waals surface area contributed by atoms with Gasteiger partial charge in [-0.05, 0) is 22.0 Å². The summed E-state index contributed by atoms with van der Waals surface area (Å²) in [4.78, 5) is 24.3. The van der Waals surface area contributed by atoms with E-state index in [0.29, 0.717) is 5.69 Å². The molecule has 13 heavy (non-hydrogen) atoms. The van der Waals surface area contributed by atoms with Crippen molar-refractivity contribution in [3.05, 3.63) is 22.4 Å². The van der Waals surface area contributed by atoms with E-state index in [1.165, 1.54) is 6.92 Å². The van der Waals surface area contributed by atoms with E-state index in [0.717, 1.165) is 4.47 Å². The molecule has 0 saturated carbocycles. The molecule has 0 fully saturated rings. The van der Waals surface area contributed by atoms with Gasteiger partial charge in [0, 0.05) is 17.6 Å². The number of amides is 2. The molecular formula is C7H8BrN3O2. The van der Waals surface area contributed by atoms with Crippen LogP contribution in [-0.2, 0) is 4.79 Å². The Morgan fingerprint density at radius 1 is 1.46 bits per heavy atom. The second kappa shape index (κ2) is 4.08. The Balaban J connectivity index is 2.54. The zero-order chi connectivity index (χ0) is 9.84. The van der Waals surface area contributed by atoms with Gasteiger partial charge in [0.05, 0.1) is 0 Å². The van der Waals surface area contributed by atoms with Gasteiger partial charge in [0.1, 0.15) is 5.69 Å². The lowest BCUT2D eigenvalue weighted by molar-refractivity contribution is -0.119. The standard InChI is InChI=1S/C7H8BrN3O2/c1-4(12)10-11-7(13)6-2-5(8)3-9-6/h2-3,9H,1H3,(H,10,12)(H,11,13). The van der Waals surface area contributed by atoms with Gasteiger partial charge in [0.15, 0.2) is 0 Å². The first-order chi connectivity index (χ1) is 6.09. The highest BCUT2D eigenvalue weighted by molar-refractivity contribution is 9.10. The molecule has 0 aliphatic carbocycles. The Morgan fingerprint density at radius 2 is 2.15 bits per heavy atom. The van der Waals surface area contributed by atoms with E-state index in [4.69, 9.17) is 0 Å². The smallest absolute Gasteiger partial charge is 0.286 e. The highest BCUT2D eigenvalue weighted by Gasteiger charge is 2.06. The van der Waals surface area contributed by atoms with E-state index in [1.54, 1.807) is 12.3 Å². The van der Waals surface area contributed by atoms with E-state index in [2.05, 4.69) is 31.8 Å². The highest BCUT2D eigenvalue weighted by atomic mass is 79.9. The largest absolute Gasteiger partial charge is 0.356 e. The molecule has 0 aliphatic heterocycles. The van der Waals surface area contributed by atoms with Crippen LogP contribution in [0.2, 0.25) is 0 Å². The SMILES string of the molecule is CC(=O)NNC(=O)c1cc(Br)c[nH]1. The van der Waals surface area contributed by atoms with Gasteiger partial charge in [-0.2, -0.15) is 0 Å². The number of hydrogen-bond donors (Lipinski definition) is 3. The van der Waals surface area contributed by atoms with Gasteiger partial charge in [0.2, 0.25) is 5.91 Å². The van der Waals surface area contributed by atoms with Gasteiger partial charge < -0.3 is 4.98 Å². The molecule has 0 atom stereocenters. The summed E-state index contributed by atoms with van der Waals surface area (Å²) < 4.78 is 0.778. The summed E-state index contributed by atoms with van der Waals surface area (Å²) >= 11 is 3.18. The molecule has 0 saturated heterocycles. The van der Waals surface area contributed by atoms with E-state index in [1.807, 2.05) is 0 Å². The molecule has 0 bridgehead atoms. The molecule has 0 unspecified atom stereocenters. The van der Waals surface area contributed by atoms with Crippen LogP contribution < -0.4 is 10.9 Å². The highest BCUT2D eigenvalue weighted by Crippen LogP contribution is 2.09. The molecule has 1 rings (SSSR count). The average Bonchev–Trinajstić information content (AvgIpc) is 2.47. The summed E-state index contributed by atoms with van der Waals surface area (Å²) in [5, 5.41) is 0.